The molecule has 1 aliphatic heterocycles. The molecule has 0 radical (unpaired) electrons. The summed E-state index contributed by atoms with van der Waals surface area (Å²) in [6.45, 7) is 0. The Labute approximate surface area is 253 Å². The van der Waals surface area contributed by atoms with Crippen LogP contribution < -0.4 is 26.7 Å². The van der Waals surface area contributed by atoms with Gasteiger partial charge in [-0.2, -0.15) is 13.2 Å². The van der Waals surface area contributed by atoms with E-state index in [1.54, 1.807) is 48.5 Å². The summed E-state index contributed by atoms with van der Waals surface area (Å²) < 4.78 is 60.2. The summed E-state index contributed by atoms with van der Waals surface area (Å²) in [5.41, 5.74) is 6.42. The molecule has 0 saturated carbocycles. The number of sulfonamides is 1. The number of benzene rings is 2. The van der Waals surface area contributed by atoms with Crippen molar-refractivity contribution in [2.75, 3.05) is 12.4 Å². The van der Waals surface area contributed by atoms with Crippen molar-refractivity contribution < 1.29 is 56.1 Å². The highest BCUT2D eigenvalue weighted by atomic mass is 32.2. The molecule has 14 nitrogen and oxygen atoms in total. The Morgan fingerprint density at radius 1 is 1.11 bits per heavy atom. The number of rotatable bonds is 8. The van der Waals surface area contributed by atoms with E-state index in [0.717, 1.165) is 0 Å². The standard InChI is InChI=1S/C25H24N6O6S.C2HF3O2/c1-36-22(32)13-25(12-19(31-37-25)15-5-4-6-16(11-15)23(26)27)24(33)30-21-10-9-17(14-29-21)18-7-2-3-8-20(18)38(28,34)35;3-2(4,5)1(6)7/h2-11,14H,12-13H2,1H3,(H3,26,27)(H2,28,34,35)(H,29,30,33);(H,6,7)/t25-;/m1./s1. The molecule has 1 aliphatic rings. The Bertz CT molecular complexity index is 1760. The van der Waals surface area contributed by atoms with Gasteiger partial charge in [-0.15, -0.1) is 0 Å². The number of oxime groups is 1. The molecule has 1 aromatic heterocycles. The van der Waals surface area contributed by atoms with Crippen LogP contribution in [0.1, 0.15) is 24.0 Å². The van der Waals surface area contributed by atoms with Gasteiger partial charge in [0, 0.05) is 29.3 Å². The molecule has 7 N–H and O–H groups in total. The Morgan fingerprint density at radius 2 is 1.78 bits per heavy atom. The van der Waals surface area contributed by atoms with Crippen LogP contribution in [-0.2, 0) is 34.0 Å². The van der Waals surface area contributed by atoms with E-state index in [0.29, 0.717) is 28.0 Å². The predicted molar refractivity (Wildman–Crippen MR) is 149 cm³/mol. The number of carbonyl (C=O) groups excluding carboxylic acids is 3. The smallest absolute Gasteiger partial charge is 0.430 e. The van der Waals surface area contributed by atoms with Gasteiger partial charge in [0.05, 0.1) is 29.7 Å². The predicted octanol–water partition coefficient (Wildman–Crippen LogP) is -0.776. The number of amidine groups is 1. The van der Waals surface area contributed by atoms with Gasteiger partial charge in [0.1, 0.15) is 11.8 Å². The van der Waals surface area contributed by atoms with Crippen molar-refractivity contribution in [3.05, 3.63) is 78.0 Å². The first-order valence-corrected chi connectivity index (χ1v) is 14.0. The maximum absolute atomic E-state index is 13.4. The van der Waals surface area contributed by atoms with Crippen LogP contribution in [0.15, 0.2) is 76.9 Å². The van der Waals surface area contributed by atoms with Crippen LogP contribution in [0.25, 0.3) is 11.1 Å². The number of halogens is 3. The molecule has 1 atom stereocenters. The van der Waals surface area contributed by atoms with Gasteiger partial charge in [-0.25, -0.2) is 18.5 Å². The lowest BCUT2D eigenvalue weighted by molar-refractivity contribution is -0.344. The number of pyridine rings is 1. The number of aromatic nitrogens is 1. The van der Waals surface area contributed by atoms with E-state index >= 15 is 0 Å². The Balaban J connectivity index is 0.000000707. The molecular formula is C27H25F3N6O8S. The van der Waals surface area contributed by atoms with Crippen molar-refractivity contribution in [3.8, 4) is 11.1 Å². The number of hydrogen-bond donors (Lipinski definition) is 4. The van der Waals surface area contributed by atoms with Gasteiger partial charge in [-0.05, 0) is 30.3 Å². The lowest BCUT2D eigenvalue weighted by Crippen LogP contribution is -2.46. The van der Waals surface area contributed by atoms with E-state index in [4.69, 9.17) is 35.8 Å². The van der Waals surface area contributed by atoms with E-state index < -0.39 is 46.1 Å². The number of primary sulfonamides is 1. The van der Waals surface area contributed by atoms with Crippen molar-refractivity contribution >= 4 is 45.2 Å². The molecule has 0 unspecified atom stereocenters. The number of hydrogen-bond acceptors (Lipinski definition) is 10. The normalized spacial score (nSPS) is 15.9. The number of carbonyl (C=O) groups is 3. The molecule has 45 heavy (non-hydrogen) atoms. The fourth-order valence-electron chi connectivity index (χ4n) is 3.92. The lowest BCUT2D eigenvalue weighted by atomic mass is 9.89. The van der Waals surface area contributed by atoms with E-state index in [1.165, 1.54) is 25.4 Å². The summed E-state index contributed by atoms with van der Waals surface area (Å²) in [6, 6.07) is 16.2. The van der Waals surface area contributed by atoms with Crippen molar-refractivity contribution in [2.45, 2.75) is 29.5 Å². The zero-order valence-corrected chi connectivity index (χ0v) is 24.0. The van der Waals surface area contributed by atoms with Crippen LogP contribution in [0, 0.1) is 0 Å². The van der Waals surface area contributed by atoms with Crippen molar-refractivity contribution in [3.63, 3.8) is 0 Å². The second-order valence-electron chi connectivity index (χ2n) is 9.30. The van der Waals surface area contributed by atoms with Crippen LogP contribution in [0.3, 0.4) is 0 Å². The first kappa shape index (κ1) is 34.1. The number of esters is 1. The SMILES string of the molecule is COC(=O)C[C@@]1(C(=O)Nc2ccc(-c3ccccc3S(N)(=O)=O)cn2)CC(c2cccc(C(N)=[NH2+])c2)=NO1.O=C([O-])C(F)(F)F. The number of ether oxygens (including phenoxy) is 1. The van der Waals surface area contributed by atoms with Crippen LogP contribution >= 0.6 is 0 Å². The van der Waals surface area contributed by atoms with Crippen LogP contribution in [-0.4, -0.2) is 61.7 Å². The highest BCUT2D eigenvalue weighted by molar-refractivity contribution is 7.89. The van der Waals surface area contributed by atoms with E-state index in [-0.39, 0.29) is 23.0 Å². The Kier molecular flexibility index (Phi) is 10.3. The number of nitrogens with zero attached hydrogens (tertiary/aromatic N) is 2. The molecule has 0 saturated heterocycles. The van der Waals surface area contributed by atoms with Gasteiger partial charge in [0.15, 0.2) is 0 Å². The number of carboxylic acids is 1. The molecule has 2 aromatic carbocycles. The van der Waals surface area contributed by atoms with Crippen molar-refractivity contribution in [2.24, 2.45) is 16.0 Å². The molecule has 2 heterocycles. The van der Waals surface area contributed by atoms with Gasteiger partial charge >= 0.3 is 12.1 Å². The summed E-state index contributed by atoms with van der Waals surface area (Å²) >= 11 is 0. The highest BCUT2D eigenvalue weighted by Crippen LogP contribution is 2.33. The lowest BCUT2D eigenvalue weighted by Gasteiger charge is -2.24. The maximum atomic E-state index is 13.4. The largest absolute Gasteiger partial charge is 0.542 e. The third kappa shape index (κ3) is 8.61. The van der Waals surface area contributed by atoms with Crippen molar-refractivity contribution in [1.82, 2.24) is 4.98 Å². The first-order valence-electron chi connectivity index (χ1n) is 12.5. The summed E-state index contributed by atoms with van der Waals surface area (Å²) in [4.78, 5) is 44.1. The molecule has 0 fully saturated rings. The molecule has 3 aromatic rings. The summed E-state index contributed by atoms with van der Waals surface area (Å²) in [5, 5.41) is 26.5. The van der Waals surface area contributed by atoms with Gasteiger partial charge in [0.2, 0.25) is 15.6 Å². The van der Waals surface area contributed by atoms with E-state index in [2.05, 4.69) is 15.5 Å². The third-order valence-electron chi connectivity index (χ3n) is 6.13. The monoisotopic (exact) mass is 650 g/mol. The minimum absolute atomic E-state index is 0.0400. The van der Waals surface area contributed by atoms with Crippen LogP contribution in [0.2, 0.25) is 0 Å². The number of methoxy groups -OCH3 is 1. The zero-order chi connectivity index (χ0) is 33.6. The highest BCUT2D eigenvalue weighted by Gasteiger charge is 2.49. The number of nitrogens with one attached hydrogen (secondary N) is 1. The second-order valence-corrected chi connectivity index (χ2v) is 10.8. The molecule has 18 heteroatoms. The molecule has 0 spiro atoms. The Morgan fingerprint density at radius 3 is 2.33 bits per heavy atom. The number of anilines is 1. The summed E-state index contributed by atoms with van der Waals surface area (Å²) in [5.74, 6) is -4.10. The van der Waals surface area contributed by atoms with Crippen LogP contribution in [0.5, 0.6) is 0 Å². The minimum Gasteiger partial charge on any atom is -0.542 e. The molecular weight excluding hydrogens is 625 g/mol. The molecule has 0 aliphatic carbocycles. The molecule has 238 valence electrons. The number of carboxylic acid groups (broad SMARTS) is 1. The van der Waals surface area contributed by atoms with E-state index in [9.17, 15) is 31.2 Å². The number of aliphatic carboxylic acids is 1. The average molecular weight is 651 g/mol. The quantitative estimate of drug-likeness (QED) is 0.135. The molecule has 4 rings (SSSR count). The van der Waals surface area contributed by atoms with Crippen molar-refractivity contribution in [1.29, 1.82) is 0 Å². The maximum Gasteiger partial charge on any atom is 0.430 e. The Hall–Kier alpha value is -5.36. The average Bonchev–Trinajstić information content (AvgIpc) is 3.42. The third-order valence-corrected chi connectivity index (χ3v) is 7.09. The first-order chi connectivity index (χ1) is 21.0. The topological polar surface area (TPSA) is 242 Å². The van der Waals surface area contributed by atoms with Gasteiger partial charge < -0.3 is 24.8 Å². The van der Waals surface area contributed by atoms with Gasteiger partial charge in [0.25, 0.3) is 11.7 Å². The number of alkyl halides is 3. The zero-order valence-electron chi connectivity index (χ0n) is 23.2. The second kappa shape index (κ2) is 13.5. The fraction of sp³-hybridized carbons (Fsp3) is 0.185. The van der Waals surface area contributed by atoms with Gasteiger partial charge in [-0.1, -0.05) is 35.5 Å². The summed E-state index contributed by atoms with van der Waals surface area (Å²) in [7, 11) is -2.76. The number of amides is 1. The van der Waals surface area contributed by atoms with E-state index in [1.807, 2.05) is 0 Å². The number of nitrogens with two attached hydrogens (primary N) is 3. The fourth-order valence-corrected chi connectivity index (χ4v) is 4.68. The summed E-state index contributed by atoms with van der Waals surface area (Å²) in [6.07, 6.45) is -4.25. The minimum atomic E-state index is -5.19. The molecule has 1 amide bonds. The van der Waals surface area contributed by atoms with Crippen LogP contribution in [0.4, 0.5) is 19.0 Å². The van der Waals surface area contributed by atoms with Gasteiger partial charge in [-0.3, -0.25) is 20.7 Å². The molecule has 0 bridgehead atoms.